The van der Waals surface area contributed by atoms with Crippen molar-refractivity contribution in [1.29, 1.82) is 0 Å². The number of amides is 3. The van der Waals surface area contributed by atoms with Gasteiger partial charge in [-0.1, -0.05) is 18.2 Å². The molecular formula is C25H39N5O4. The number of nitrogens with zero attached hydrogens (tertiary/aromatic N) is 3. The molecule has 0 radical (unpaired) electrons. The quantitative estimate of drug-likeness (QED) is 0.334. The fourth-order valence-electron chi connectivity index (χ4n) is 3.53. The van der Waals surface area contributed by atoms with Gasteiger partial charge in [0, 0.05) is 25.0 Å². The number of amidine groups is 1. The van der Waals surface area contributed by atoms with Crippen molar-refractivity contribution in [2.75, 3.05) is 26.7 Å². The summed E-state index contributed by atoms with van der Waals surface area (Å²) in [7, 11) is 1.94. The van der Waals surface area contributed by atoms with E-state index in [1.54, 1.807) is 32.6 Å². The van der Waals surface area contributed by atoms with Gasteiger partial charge < -0.3 is 19.4 Å². The molecule has 3 amide bonds. The van der Waals surface area contributed by atoms with Gasteiger partial charge >= 0.3 is 12.1 Å². The lowest BCUT2D eigenvalue weighted by atomic mass is 10.1. The zero-order valence-electron chi connectivity index (χ0n) is 21.7. The van der Waals surface area contributed by atoms with E-state index in [0.717, 1.165) is 22.3 Å². The fourth-order valence-corrected chi connectivity index (χ4v) is 3.53. The van der Waals surface area contributed by atoms with Crippen molar-refractivity contribution in [3.8, 4) is 0 Å². The Morgan fingerprint density at radius 3 is 2.53 bits per heavy atom. The molecule has 1 aromatic heterocycles. The molecule has 0 aliphatic carbocycles. The van der Waals surface area contributed by atoms with E-state index in [9.17, 15) is 9.59 Å². The normalized spacial score (nSPS) is 13.1. The van der Waals surface area contributed by atoms with E-state index >= 15 is 0 Å². The smallest absolute Gasteiger partial charge is 0.407 e. The lowest BCUT2D eigenvalue weighted by molar-refractivity contribution is 0.0504. The minimum atomic E-state index is -0.590. The van der Waals surface area contributed by atoms with E-state index < -0.39 is 11.7 Å². The maximum atomic E-state index is 13.1. The summed E-state index contributed by atoms with van der Waals surface area (Å²) in [6, 6.07) is 7.64. The summed E-state index contributed by atoms with van der Waals surface area (Å²) in [6.07, 6.45) is -0.807. The highest BCUT2D eigenvalue weighted by Gasteiger charge is 2.26. The Kier molecular flexibility index (Phi) is 9.49. The van der Waals surface area contributed by atoms with Crippen LogP contribution in [0.4, 0.5) is 9.59 Å². The number of ether oxygens (including phenoxy) is 1. The fraction of sp³-hybridized carbons (Fsp3) is 0.560. The van der Waals surface area contributed by atoms with E-state index in [1.165, 1.54) is 0 Å². The van der Waals surface area contributed by atoms with E-state index in [-0.39, 0.29) is 25.3 Å². The molecule has 9 nitrogen and oxygen atoms in total. The van der Waals surface area contributed by atoms with E-state index in [0.29, 0.717) is 18.9 Å². The molecule has 1 atom stereocenters. The van der Waals surface area contributed by atoms with E-state index in [1.807, 2.05) is 57.0 Å². The molecule has 0 aliphatic rings. The average molecular weight is 474 g/mol. The number of para-hydroxylation sites is 1. The second kappa shape index (κ2) is 11.9. The lowest BCUT2D eigenvalue weighted by Gasteiger charge is -2.35. The van der Waals surface area contributed by atoms with Gasteiger partial charge in [0.15, 0.2) is 0 Å². The third-order valence-electron chi connectivity index (χ3n) is 5.39. The van der Waals surface area contributed by atoms with Gasteiger partial charge in [-0.05, 0) is 67.1 Å². The number of hydrogen-bond acceptors (Lipinski definition) is 6. The second-order valence-electron chi connectivity index (χ2n) is 9.31. The highest BCUT2D eigenvalue weighted by Crippen LogP contribution is 2.26. The first kappa shape index (κ1) is 27.2. The topological polar surface area (TPSA) is 99.4 Å². The summed E-state index contributed by atoms with van der Waals surface area (Å²) in [4.78, 5) is 33.1. The number of benzene rings is 1. The molecule has 0 fully saturated rings. The van der Waals surface area contributed by atoms with Crippen molar-refractivity contribution >= 4 is 28.9 Å². The predicted molar refractivity (Wildman–Crippen MR) is 135 cm³/mol. The highest BCUT2D eigenvalue weighted by atomic mass is 16.6. The Balaban J connectivity index is 2.13. The molecular weight excluding hydrogens is 434 g/mol. The van der Waals surface area contributed by atoms with E-state index in [4.69, 9.17) is 9.15 Å². The number of furan rings is 1. The summed E-state index contributed by atoms with van der Waals surface area (Å²) in [5.41, 5.74) is 1.34. The molecule has 0 saturated heterocycles. The Bertz CT molecular complexity index is 1010. The van der Waals surface area contributed by atoms with Gasteiger partial charge in [-0.15, -0.1) is 0 Å². The number of aryl methyl sites for hydroxylation is 1. The Morgan fingerprint density at radius 1 is 1.24 bits per heavy atom. The number of nitrogens with one attached hydrogen (secondary N) is 2. The van der Waals surface area contributed by atoms with Gasteiger partial charge in [0.1, 0.15) is 22.8 Å². The number of urea groups is 1. The first-order valence-corrected chi connectivity index (χ1v) is 11.7. The maximum absolute atomic E-state index is 13.1. The molecule has 9 heteroatoms. The monoisotopic (exact) mass is 473 g/mol. The van der Waals surface area contributed by atoms with Crippen LogP contribution in [0.1, 0.15) is 52.9 Å². The standard InChI is InChI=1S/C25H39N5O4/c1-9-26-18(3)28-23(31)30(15-14-27-24(32)34-25(5,6)7)19(4)29(8)16-22-17(2)20-12-10-11-13-21(20)33-22/h10-13,19H,9,14-16H2,1-8H3,(H,27,32)(H,26,28,31). The SMILES string of the molecule is CC/N=C(\C)NC(=O)N(CCNC(=O)OC(C)(C)C)C(C)N(C)Cc1oc2ccccc2c1C. The summed E-state index contributed by atoms with van der Waals surface area (Å²) in [6.45, 7) is 14.7. The van der Waals surface area contributed by atoms with Crippen LogP contribution in [0.25, 0.3) is 11.0 Å². The van der Waals surface area contributed by atoms with Crippen molar-refractivity contribution in [1.82, 2.24) is 20.4 Å². The highest BCUT2D eigenvalue weighted by molar-refractivity contribution is 5.96. The Morgan fingerprint density at radius 2 is 1.91 bits per heavy atom. The average Bonchev–Trinajstić information content (AvgIpc) is 3.05. The molecule has 34 heavy (non-hydrogen) atoms. The summed E-state index contributed by atoms with van der Waals surface area (Å²) >= 11 is 0. The van der Waals surface area contributed by atoms with Gasteiger partial charge in [-0.25, -0.2) is 9.59 Å². The van der Waals surface area contributed by atoms with Crippen molar-refractivity contribution in [3.05, 3.63) is 35.6 Å². The molecule has 0 saturated carbocycles. The van der Waals surface area contributed by atoms with Crippen LogP contribution in [-0.4, -0.2) is 66.2 Å². The van der Waals surface area contributed by atoms with Crippen LogP contribution >= 0.6 is 0 Å². The molecule has 1 heterocycles. The van der Waals surface area contributed by atoms with Gasteiger partial charge in [0.25, 0.3) is 0 Å². The number of hydrogen-bond donors (Lipinski definition) is 2. The van der Waals surface area contributed by atoms with Crippen LogP contribution < -0.4 is 10.6 Å². The number of aliphatic imine (C=N–C) groups is 1. The summed E-state index contributed by atoms with van der Waals surface area (Å²) < 4.78 is 11.4. The molecule has 0 spiro atoms. The van der Waals surface area contributed by atoms with Gasteiger partial charge in [0.05, 0.1) is 12.7 Å². The summed E-state index contributed by atoms with van der Waals surface area (Å²) in [5, 5.41) is 6.64. The number of rotatable bonds is 8. The zero-order valence-corrected chi connectivity index (χ0v) is 21.7. The van der Waals surface area contributed by atoms with Crippen molar-refractivity contribution < 1.29 is 18.7 Å². The Labute approximate surface area is 202 Å². The van der Waals surface area contributed by atoms with Crippen LogP contribution in [0.5, 0.6) is 0 Å². The van der Waals surface area contributed by atoms with E-state index in [2.05, 4.69) is 15.6 Å². The molecule has 2 aromatic rings. The van der Waals surface area contributed by atoms with Crippen LogP contribution in [-0.2, 0) is 11.3 Å². The number of carbonyl (C=O) groups excluding carboxylic acids is 2. The minimum absolute atomic E-state index is 0.244. The molecule has 1 unspecified atom stereocenters. The first-order chi connectivity index (χ1) is 15.9. The first-order valence-electron chi connectivity index (χ1n) is 11.7. The molecule has 0 aliphatic heterocycles. The molecule has 1 aromatic carbocycles. The molecule has 2 N–H and O–H groups in total. The number of carbonyl (C=O) groups is 2. The summed E-state index contributed by atoms with van der Waals surface area (Å²) in [5.74, 6) is 1.40. The van der Waals surface area contributed by atoms with Gasteiger partial charge in [0.2, 0.25) is 0 Å². The maximum Gasteiger partial charge on any atom is 0.407 e. The molecule has 2 rings (SSSR count). The largest absolute Gasteiger partial charge is 0.459 e. The number of alkyl carbamates (subject to hydrolysis) is 1. The van der Waals surface area contributed by atoms with Crippen LogP contribution in [0.15, 0.2) is 33.7 Å². The third kappa shape index (κ3) is 7.76. The predicted octanol–water partition coefficient (Wildman–Crippen LogP) is 4.49. The molecule has 188 valence electrons. The second-order valence-corrected chi connectivity index (χ2v) is 9.31. The van der Waals surface area contributed by atoms with Gasteiger partial charge in [-0.3, -0.25) is 15.2 Å². The van der Waals surface area contributed by atoms with Crippen LogP contribution in [0.2, 0.25) is 0 Å². The van der Waals surface area contributed by atoms with Crippen molar-refractivity contribution in [2.45, 2.75) is 66.8 Å². The Hall–Kier alpha value is -3.07. The van der Waals surface area contributed by atoms with Crippen molar-refractivity contribution in [2.24, 2.45) is 4.99 Å². The minimum Gasteiger partial charge on any atom is -0.459 e. The third-order valence-corrected chi connectivity index (χ3v) is 5.39. The van der Waals surface area contributed by atoms with Crippen LogP contribution in [0.3, 0.4) is 0 Å². The zero-order chi connectivity index (χ0) is 25.5. The van der Waals surface area contributed by atoms with Gasteiger partial charge in [-0.2, -0.15) is 0 Å². The number of fused-ring (bicyclic) bond motifs is 1. The molecule has 0 bridgehead atoms. The lowest BCUT2D eigenvalue weighted by Crippen LogP contribution is -2.54. The van der Waals surface area contributed by atoms with Crippen molar-refractivity contribution in [3.63, 3.8) is 0 Å². The van der Waals surface area contributed by atoms with Crippen LogP contribution in [0, 0.1) is 6.92 Å².